The Morgan fingerprint density at radius 1 is 0.500 bits per heavy atom. The number of hydrogen-bond donors (Lipinski definition) is 1. The SMILES string of the molecule is CCCCCCC/C=C\C/C=C\C/C=C\CCCCCCCCC(=O)OC(CO)COCCCCCCCC/C=C\CCCCCCC. The third-order valence-corrected chi connectivity index (χ3v) is 8.88. The molecule has 0 fully saturated rings. The van der Waals surface area contributed by atoms with Gasteiger partial charge in [0, 0.05) is 13.0 Å². The van der Waals surface area contributed by atoms with E-state index in [1.807, 2.05) is 0 Å². The number of aliphatic hydroxyl groups is 1. The number of carbonyl (C=O) groups excluding carboxylic acids is 1. The zero-order valence-corrected chi connectivity index (χ0v) is 32.0. The maximum Gasteiger partial charge on any atom is 0.306 e. The Hall–Kier alpha value is -1.65. The smallest absolute Gasteiger partial charge is 0.306 e. The molecule has 48 heavy (non-hydrogen) atoms. The first-order valence-electron chi connectivity index (χ1n) is 20.7. The molecule has 0 heterocycles. The highest BCUT2D eigenvalue weighted by Gasteiger charge is 2.13. The molecule has 0 saturated heterocycles. The zero-order chi connectivity index (χ0) is 34.9. The fraction of sp³-hybridized carbons (Fsp3) is 0.795. The second kappa shape index (κ2) is 41.5. The molecule has 280 valence electrons. The van der Waals surface area contributed by atoms with Gasteiger partial charge < -0.3 is 14.6 Å². The Balaban J connectivity index is 3.49. The number of unbranched alkanes of at least 4 members (excludes halogenated alkanes) is 22. The van der Waals surface area contributed by atoms with Crippen LogP contribution in [0.2, 0.25) is 0 Å². The minimum atomic E-state index is -0.544. The quantitative estimate of drug-likeness (QED) is 0.0403. The van der Waals surface area contributed by atoms with E-state index in [2.05, 4.69) is 62.5 Å². The largest absolute Gasteiger partial charge is 0.457 e. The van der Waals surface area contributed by atoms with Crippen LogP contribution in [0.1, 0.15) is 200 Å². The summed E-state index contributed by atoms with van der Waals surface area (Å²) in [5.41, 5.74) is 0. The van der Waals surface area contributed by atoms with Crippen molar-refractivity contribution >= 4 is 5.97 Å². The highest BCUT2D eigenvalue weighted by molar-refractivity contribution is 5.69. The molecule has 1 unspecified atom stereocenters. The average molecular weight is 673 g/mol. The summed E-state index contributed by atoms with van der Waals surface area (Å²) in [5, 5.41) is 9.58. The van der Waals surface area contributed by atoms with Crippen molar-refractivity contribution in [3.8, 4) is 0 Å². The molecular weight excluding hydrogens is 592 g/mol. The summed E-state index contributed by atoms with van der Waals surface area (Å²) in [6, 6.07) is 0. The topological polar surface area (TPSA) is 55.8 Å². The van der Waals surface area contributed by atoms with E-state index < -0.39 is 6.10 Å². The number of hydrogen-bond acceptors (Lipinski definition) is 4. The van der Waals surface area contributed by atoms with Crippen LogP contribution in [0.3, 0.4) is 0 Å². The summed E-state index contributed by atoms with van der Waals surface area (Å²) in [7, 11) is 0. The van der Waals surface area contributed by atoms with Crippen molar-refractivity contribution in [3.63, 3.8) is 0 Å². The summed E-state index contributed by atoms with van der Waals surface area (Å²) in [6.45, 7) is 5.31. The fourth-order valence-corrected chi connectivity index (χ4v) is 5.74. The Morgan fingerprint density at radius 3 is 1.33 bits per heavy atom. The van der Waals surface area contributed by atoms with E-state index >= 15 is 0 Å². The minimum absolute atomic E-state index is 0.180. The second-order valence-corrected chi connectivity index (χ2v) is 13.7. The first-order chi connectivity index (χ1) is 23.7. The molecule has 0 saturated carbocycles. The van der Waals surface area contributed by atoms with Crippen LogP contribution in [0.5, 0.6) is 0 Å². The molecule has 0 aliphatic heterocycles. The van der Waals surface area contributed by atoms with Gasteiger partial charge in [-0.2, -0.15) is 0 Å². The zero-order valence-electron chi connectivity index (χ0n) is 32.0. The van der Waals surface area contributed by atoms with E-state index in [1.165, 1.54) is 135 Å². The van der Waals surface area contributed by atoms with Crippen molar-refractivity contribution in [2.45, 2.75) is 206 Å². The van der Waals surface area contributed by atoms with Crippen LogP contribution in [0.15, 0.2) is 48.6 Å². The number of esters is 1. The lowest BCUT2D eigenvalue weighted by Gasteiger charge is -2.15. The fourth-order valence-electron chi connectivity index (χ4n) is 5.74. The molecular formula is C44H80O4. The normalized spacial score (nSPS) is 12.8. The molecule has 1 atom stereocenters. The van der Waals surface area contributed by atoms with Gasteiger partial charge in [-0.25, -0.2) is 0 Å². The maximum atomic E-state index is 12.2. The Kier molecular flexibility index (Phi) is 40.1. The minimum Gasteiger partial charge on any atom is -0.457 e. The summed E-state index contributed by atoms with van der Waals surface area (Å²) >= 11 is 0. The van der Waals surface area contributed by atoms with Crippen molar-refractivity contribution in [1.29, 1.82) is 0 Å². The van der Waals surface area contributed by atoms with E-state index in [-0.39, 0.29) is 19.2 Å². The van der Waals surface area contributed by atoms with Crippen molar-refractivity contribution in [2.24, 2.45) is 0 Å². The van der Waals surface area contributed by atoms with Gasteiger partial charge >= 0.3 is 5.97 Å². The first-order valence-corrected chi connectivity index (χ1v) is 20.7. The highest BCUT2D eigenvalue weighted by atomic mass is 16.6. The molecule has 0 spiro atoms. The van der Waals surface area contributed by atoms with Crippen molar-refractivity contribution in [1.82, 2.24) is 0 Å². The first kappa shape index (κ1) is 46.4. The lowest BCUT2D eigenvalue weighted by molar-refractivity contribution is -0.154. The summed E-state index contributed by atoms with van der Waals surface area (Å²) in [5.74, 6) is -0.215. The van der Waals surface area contributed by atoms with E-state index in [0.29, 0.717) is 13.0 Å². The molecule has 1 N–H and O–H groups in total. The van der Waals surface area contributed by atoms with Crippen molar-refractivity contribution < 1.29 is 19.4 Å². The maximum absolute atomic E-state index is 12.2. The second-order valence-electron chi connectivity index (χ2n) is 13.7. The highest BCUT2D eigenvalue weighted by Crippen LogP contribution is 2.12. The monoisotopic (exact) mass is 673 g/mol. The van der Waals surface area contributed by atoms with Crippen LogP contribution in [0.4, 0.5) is 0 Å². The molecule has 0 rings (SSSR count). The number of rotatable bonds is 38. The molecule has 0 aromatic rings. The lowest BCUT2D eigenvalue weighted by Crippen LogP contribution is -2.27. The predicted molar refractivity (Wildman–Crippen MR) is 210 cm³/mol. The summed E-state index contributed by atoms with van der Waals surface area (Å²) in [4.78, 5) is 12.2. The molecule has 0 aromatic heterocycles. The molecule has 0 radical (unpaired) electrons. The standard InChI is InChI=1S/C44H80O4/c1-3-5-7-9-11-13-15-17-19-20-21-22-23-24-25-27-29-31-33-35-37-39-44(46)48-43(41-45)42-47-40-38-36-34-32-30-28-26-18-16-14-12-10-8-6-4-2/h15-18,20-21,23-24,43,45H,3-14,19,22,25-42H2,1-2H3/b17-15-,18-16-,21-20-,24-23-. The van der Waals surface area contributed by atoms with Crippen LogP contribution >= 0.6 is 0 Å². The molecule has 0 bridgehead atoms. The van der Waals surface area contributed by atoms with Crippen LogP contribution in [0, 0.1) is 0 Å². The van der Waals surface area contributed by atoms with E-state index in [1.54, 1.807) is 0 Å². The Morgan fingerprint density at radius 2 is 0.875 bits per heavy atom. The van der Waals surface area contributed by atoms with Gasteiger partial charge in [-0.15, -0.1) is 0 Å². The summed E-state index contributed by atoms with van der Waals surface area (Å²) in [6.07, 6.45) is 53.0. The van der Waals surface area contributed by atoms with E-state index in [0.717, 1.165) is 44.9 Å². The molecule has 0 aliphatic rings. The van der Waals surface area contributed by atoms with Gasteiger partial charge in [0.05, 0.1) is 13.2 Å². The van der Waals surface area contributed by atoms with Crippen molar-refractivity contribution in [3.05, 3.63) is 48.6 Å². The third-order valence-electron chi connectivity index (χ3n) is 8.88. The van der Waals surface area contributed by atoms with Gasteiger partial charge in [0.2, 0.25) is 0 Å². The van der Waals surface area contributed by atoms with E-state index in [9.17, 15) is 9.90 Å². The number of aliphatic hydroxyl groups excluding tert-OH is 1. The molecule has 0 amide bonds. The Labute approximate surface area is 299 Å². The Bertz CT molecular complexity index is 753. The molecule has 4 heteroatoms. The van der Waals surface area contributed by atoms with Gasteiger partial charge in [0.15, 0.2) is 0 Å². The van der Waals surface area contributed by atoms with Gasteiger partial charge in [-0.1, -0.05) is 165 Å². The average Bonchev–Trinajstić information content (AvgIpc) is 3.09. The number of allylic oxidation sites excluding steroid dienone is 8. The van der Waals surface area contributed by atoms with Crippen molar-refractivity contribution in [2.75, 3.05) is 19.8 Å². The number of ether oxygens (including phenoxy) is 2. The molecule has 0 aliphatic carbocycles. The molecule has 4 nitrogen and oxygen atoms in total. The van der Waals surface area contributed by atoms with Crippen LogP contribution < -0.4 is 0 Å². The van der Waals surface area contributed by atoms with Gasteiger partial charge in [0.25, 0.3) is 0 Å². The summed E-state index contributed by atoms with van der Waals surface area (Å²) < 4.78 is 11.1. The van der Waals surface area contributed by atoms with Gasteiger partial charge in [0.1, 0.15) is 6.10 Å². The van der Waals surface area contributed by atoms with Gasteiger partial charge in [-0.05, 0) is 77.0 Å². The van der Waals surface area contributed by atoms with Crippen LogP contribution in [0.25, 0.3) is 0 Å². The third kappa shape index (κ3) is 38.8. The van der Waals surface area contributed by atoms with E-state index in [4.69, 9.17) is 9.47 Å². The number of carbonyl (C=O) groups is 1. The van der Waals surface area contributed by atoms with Crippen LogP contribution in [-0.2, 0) is 14.3 Å². The lowest BCUT2D eigenvalue weighted by atomic mass is 10.1. The predicted octanol–water partition coefficient (Wildman–Crippen LogP) is 13.5. The molecule has 0 aromatic carbocycles. The van der Waals surface area contributed by atoms with Crippen LogP contribution in [-0.4, -0.2) is 37.0 Å². The van der Waals surface area contributed by atoms with Gasteiger partial charge in [-0.3, -0.25) is 4.79 Å².